The highest BCUT2D eigenvalue weighted by Gasteiger charge is 2.06. The molecule has 0 aromatic heterocycles. The lowest BCUT2D eigenvalue weighted by molar-refractivity contribution is 0.185. The molecule has 3 nitrogen and oxygen atoms in total. The molecule has 0 amide bonds. The lowest BCUT2D eigenvalue weighted by atomic mass is 10.1. The quantitative estimate of drug-likeness (QED) is 0.826. The van der Waals surface area contributed by atoms with Crippen LogP contribution in [-0.4, -0.2) is 12.1 Å². The third-order valence-corrected chi connectivity index (χ3v) is 3.18. The van der Waals surface area contributed by atoms with Crippen molar-refractivity contribution < 1.29 is 4.74 Å². The summed E-state index contributed by atoms with van der Waals surface area (Å²) in [6, 6.07) is 14.1. The Hall–Kier alpha value is -1.91. The molecular formula is C16H18N2OS. The first-order valence-electron chi connectivity index (χ1n) is 6.35. The van der Waals surface area contributed by atoms with E-state index < -0.39 is 0 Å². The van der Waals surface area contributed by atoms with Gasteiger partial charge >= 0.3 is 0 Å². The standard InChI is InChI=1S/C16H18N2OS/c1-11-6-7-15(14(8-11)16(17)20)18-13-5-3-4-12(9-13)10-19-2/h3-9,18H,10H2,1-2H3,(H2,17,20). The summed E-state index contributed by atoms with van der Waals surface area (Å²) in [6.45, 7) is 2.61. The topological polar surface area (TPSA) is 47.3 Å². The molecule has 0 saturated carbocycles. The number of benzene rings is 2. The molecular weight excluding hydrogens is 268 g/mol. The Balaban J connectivity index is 2.30. The average molecular weight is 286 g/mol. The van der Waals surface area contributed by atoms with Crippen molar-refractivity contribution in [2.24, 2.45) is 5.73 Å². The zero-order valence-electron chi connectivity index (χ0n) is 11.6. The van der Waals surface area contributed by atoms with Gasteiger partial charge in [0, 0.05) is 24.0 Å². The van der Waals surface area contributed by atoms with Gasteiger partial charge in [-0.1, -0.05) is 36.0 Å². The van der Waals surface area contributed by atoms with E-state index in [0.29, 0.717) is 11.6 Å². The van der Waals surface area contributed by atoms with Gasteiger partial charge in [0.05, 0.1) is 6.61 Å². The van der Waals surface area contributed by atoms with E-state index in [4.69, 9.17) is 22.7 Å². The fourth-order valence-corrected chi connectivity index (χ4v) is 2.20. The van der Waals surface area contributed by atoms with Crippen LogP contribution in [0.25, 0.3) is 0 Å². The van der Waals surface area contributed by atoms with Gasteiger partial charge in [0.15, 0.2) is 0 Å². The van der Waals surface area contributed by atoms with Crippen molar-refractivity contribution in [1.82, 2.24) is 0 Å². The number of nitrogens with two attached hydrogens (primary N) is 1. The van der Waals surface area contributed by atoms with Crippen LogP contribution in [0.15, 0.2) is 42.5 Å². The molecule has 0 bridgehead atoms. The fourth-order valence-electron chi connectivity index (χ4n) is 2.03. The van der Waals surface area contributed by atoms with Crippen LogP contribution in [0.1, 0.15) is 16.7 Å². The first-order valence-corrected chi connectivity index (χ1v) is 6.76. The summed E-state index contributed by atoms with van der Waals surface area (Å²) in [5.41, 5.74) is 10.8. The van der Waals surface area contributed by atoms with Gasteiger partial charge in [0.1, 0.15) is 4.99 Å². The Morgan fingerprint density at radius 2 is 2.05 bits per heavy atom. The molecule has 20 heavy (non-hydrogen) atoms. The first kappa shape index (κ1) is 14.5. The number of thiocarbonyl (C=S) groups is 1. The third kappa shape index (κ3) is 3.56. The number of hydrogen-bond donors (Lipinski definition) is 2. The number of ether oxygens (including phenoxy) is 1. The van der Waals surface area contributed by atoms with Crippen molar-refractivity contribution in [3.05, 3.63) is 59.2 Å². The smallest absolute Gasteiger partial charge is 0.106 e. The second-order valence-electron chi connectivity index (χ2n) is 4.67. The SMILES string of the molecule is COCc1cccc(Nc2ccc(C)cc2C(N)=S)c1. The minimum Gasteiger partial charge on any atom is -0.389 e. The van der Waals surface area contributed by atoms with E-state index in [-0.39, 0.29) is 0 Å². The highest BCUT2D eigenvalue weighted by molar-refractivity contribution is 7.80. The molecule has 0 aliphatic heterocycles. The number of anilines is 2. The lowest BCUT2D eigenvalue weighted by Gasteiger charge is -2.13. The Labute approximate surface area is 124 Å². The van der Waals surface area contributed by atoms with E-state index in [1.807, 2.05) is 49.4 Å². The highest BCUT2D eigenvalue weighted by atomic mass is 32.1. The molecule has 0 fully saturated rings. The van der Waals surface area contributed by atoms with E-state index in [0.717, 1.165) is 28.1 Å². The van der Waals surface area contributed by atoms with Gasteiger partial charge in [-0.2, -0.15) is 0 Å². The highest BCUT2D eigenvalue weighted by Crippen LogP contribution is 2.23. The molecule has 2 rings (SSSR count). The summed E-state index contributed by atoms with van der Waals surface area (Å²) in [6.07, 6.45) is 0. The second-order valence-corrected chi connectivity index (χ2v) is 5.11. The van der Waals surface area contributed by atoms with Crippen LogP contribution in [0.5, 0.6) is 0 Å². The summed E-state index contributed by atoms with van der Waals surface area (Å²) in [5, 5.41) is 3.36. The summed E-state index contributed by atoms with van der Waals surface area (Å²) in [7, 11) is 1.69. The molecule has 2 aromatic rings. The molecule has 0 heterocycles. The van der Waals surface area contributed by atoms with Crippen molar-refractivity contribution in [2.75, 3.05) is 12.4 Å². The van der Waals surface area contributed by atoms with E-state index >= 15 is 0 Å². The zero-order chi connectivity index (χ0) is 14.5. The van der Waals surface area contributed by atoms with Crippen LogP contribution in [0, 0.1) is 6.92 Å². The largest absolute Gasteiger partial charge is 0.389 e. The normalized spacial score (nSPS) is 10.3. The molecule has 0 saturated heterocycles. The Bertz CT molecular complexity index is 626. The number of nitrogens with one attached hydrogen (secondary N) is 1. The minimum absolute atomic E-state index is 0.393. The molecule has 0 atom stereocenters. The maximum Gasteiger partial charge on any atom is 0.106 e. The first-order chi connectivity index (χ1) is 9.60. The lowest BCUT2D eigenvalue weighted by Crippen LogP contribution is -2.12. The van der Waals surface area contributed by atoms with Crippen molar-refractivity contribution >= 4 is 28.6 Å². The predicted molar refractivity (Wildman–Crippen MR) is 87.5 cm³/mol. The van der Waals surface area contributed by atoms with Gasteiger partial charge in [-0.05, 0) is 36.8 Å². The predicted octanol–water partition coefficient (Wildman–Crippen LogP) is 3.52. The van der Waals surface area contributed by atoms with Gasteiger partial charge < -0.3 is 15.8 Å². The van der Waals surface area contributed by atoms with Crippen LogP contribution < -0.4 is 11.1 Å². The second kappa shape index (κ2) is 6.50. The molecule has 2 aromatic carbocycles. The average Bonchev–Trinajstić information content (AvgIpc) is 2.41. The van der Waals surface area contributed by atoms with Crippen LogP contribution in [0.4, 0.5) is 11.4 Å². The minimum atomic E-state index is 0.393. The Kier molecular flexibility index (Phi) is 4.71. The Morgan fingerprint density at radius 3 is 2.75 bits per heavy atom. The summed E-state index contributed by atoms with van der Waals surface area (Å²) in [5.74, 6) is 0. The summed E-state index contributed by atoms with van der Waals surface area (Å²) in [4.78, 5) is 0.393. The van der Waals surface area contributed by atoms with E-state index in [2.05, 4.69) is 5.32 Å². The van der Waals surface area contributed by atoms with Gasteiger partial charge in [0.2, 0.25) is 0 Å². The molecule has 0 unspecified atom stereocenters. The van der Waals surface area contributed by atoms with Crippen molar-refractivity contribution in [3.8, 4) is 0 Å². The number of methoxy groups -OCH3 is 1. The molecule has 0 spiro atoms. The summed E-state index contributed by atoms with van der Waals surface area (Å²) < 4.78 is 5.14. The van der Waals surface area contributed by atoms with Crippen molar-refractivity contribution in [3.63, 3.8) is 0 Å². The van der Waals surface area contributed by atoms with E-state index in [1.54, 1.807) is 7.11 Å². The van der Waals surface area contributed by atoms with Crippen LogP contribution >= 0.6 is 12.2 Å². The molecule has 0 radical (unpaired) electrons. The third-order valence-electron chi connectivity index (χ3n) is 2.96. The molecule has 0 aliphatic rings. The van der Waals surface area contributed by atoms with Crippen molar-refractivity contribution in [1.29, 1.82) is 0 Å². The maximum absolute atomic E-state index is 5.79. The zero-order valence-corrected chi connectivity index (χ0v) is 12.5. The Morgan fingerprint density at radius 1 is 1.25 bits per heavy atom. The van der Waals surface area contributed by atoms with E-state index in [9.17, 15) is 0 Å². The number of hydrogen-bond acceptors (Lipinski definition) is 3. The number of rotatable bonds is 5. The van der Waals surface area contributed by atoms with Gasteiger partial charge in [-0.25, -0.2) is 0 Å². The van der Waals surface area contributed by atoms with Gasteiger partial charge in [-0.3, -0.25) is 0 Å². The van der Waals surface area contributed by atoms with Gasteiger partial charge in [-0.15, -0.1) is 0 Å². The van der Waals surface area contributed by atoms with Crippen LogP contribution in [0.2, 0.25) is 0 Å². The molecule has 3 N–H and O–H groups in total. The molecule has 0 aliphatic carbocycles. The fraction of sp³-hybridized carbons (Fsp3) is 0.188. The molecule has 4 heteroatoms. The maximum atomic E-state index is 5.79. The summed E-state index contributed by atoms with van der Waals surface area (Å²) >= 11 is 5.11. The number of aryl methyl sites for hydroxylation is 1. The monoisotopic (exact) mass is 286 g/mol. The molecule has 104 valence electrons. The van der Waals surface area contributed by atoms with E-state index in [1.165, 1.54) is 0 Å². The van der Waals surface area contributed by atoms with Crippen LogP contribution in [-0.2, 0) is 11.3 Å². The van der Waals surface area contributed by atoms with Crippen molar-refractivity contribution in [2.45, 2.75) is 13.5 Å². The van der Waals surface area contributed by atoms with Crippen LogP contribution in [0.3, 0.4) is 0 Å². The van der Waals surface area contributed by atoms with Gasteiger partial charge in [0.25, 0.3) is 0 Å².